The van der Waals surface area contributed by atoms with Gasteiger partial charge in [-0.1, -0.05) is 24.1 Å². The molecule has 13 heteroatoms. The third-order valence-corrected chi connectivity index (χ3v) is 5.69. The Balaban J connectivity index is 1.68. The molecule has 0 aliphatic carbocycles. The fraction of sp³-hybridized carbons (Fsp3) is 0.269. The number of carbonyl (C=O) groups excluding carboxylic acids is 1. The van der Waals surface area contributed by atoms with E-state index >= 15 is 0 Å². The molecular formula is C26H31N9O4. The molecule has 0 unspecified atom stereocenters. The van der Waals surface area contributed by atoms with Crippen molar-refractivity contribution in [1.82, 2.24) is 25.3 Å². The van der Waals surface area contributed by atoms with Crippen molar-refractivity contribution in [2.75, 3.05) is 37.9 Å². The third-order valence-electron chi connectivity index (χ3n) is 5.69. The average molecular weight is 534 g/mol. The predicted octanol–water partition coefficient (Wildman–Crippen LogP) is 3.36. The van der Waals surface area contributed by atoms with Crippen LogP contribution in [-0.2, 0) is 16.1 Å². The minimum atomic E-state index is -0.656. The Morgan fingerprint density at radius 3 is 2.74 bits per heavy atom. The molecule has 1 amide bonds. The van der Waals surface area contributed by atoms with Crippen LogP contribution in [0.15, 0.2) is 65.5 Å². The second-order valence-electron chi connectivity index (χ2n) is 8.54. The van der Waals surface area contributed by atoms with E-state index in [1.165, 1.54) is 30.6 Å². The van der Waals surface area contributed by atoms with Crippen molar-refractivity contribution >= 4 is 40.9 Å². The van der Waals surface area contributed by atoms with Crippen molar-refractivity contribution in [3.63, 3.8) is 0 Å². The number of hydrogen-bond acceptors (Lipinski definition) is 11. The molecule has 3 N–H and O–H groups in total. The zero-order chi connectivity index (χ0) is 28.4. The molecule has 2 heterocycles. The molecule has 3 rings (SSSR count). The van der Waals surface area contributed by atoms with Crippen LogP contribution < -0.4 is 16.1 Å². The number of aromatic nitrogens is 3. The summed E-state index contributed by atoms with van der Waals surface area (Å²) in [7, 11) is 3.05. The van der Waals surface area contributed by atoms with Crippen LogP contribution in [0.1, 0.15) is 18.1 Å². The number of carbonyl (C=O) groups is 1. The Hall–Kier alpha value is -4.75. The van der Waals surface area contributed by atoms with Crippen molar-refractivity contribution < 1.29 is 14.6 Å². The number of hydrogen-bond donors (Lipinski definition) is 3. The summed E-state index contributed by atoms with van der Waals surface area (Å²) in [4.78, 5) is 45.9. The highest BCUT2D eigenvalue weighted by atomic mass is 16.6. The number of amides is 1. The number of benzene rings is 1. The van der Waals surface area contributed by atoms with Gasteiger partial charge in [0.2, 0.25) is 5.91 Å². The fourth-order valence-corrected chi connectivity index (χ4v) is 3.81. The summed E-state index contributed by atoms with van der Waals surface area (Å²) in [5.74, 6) is 0.0917. The molecule has 2 aromatic heterocycles. The van der Waals surface area contributed by atoms with E-state index in [1.807, 2.05) is 6.07 Å². The number of aryl methyl sites for hydroxylation is 2. The number of rotatable bonds is 13. The smallest absolute Gasteiger partial charge is 0.358 e. The minimum absolute atomic E-state index is 0.109. The summed E-state index contributed by atoms with van der Waals surface area (Å²) in [5.41, 5.74) is 6.57. The van der Waals surface area contributed by atoms with Crippen LogP contribution >= 0.6 is 0 Å². The summed E-state index contributed by atoms with van der Waals surface area (Å²) >= 11 is 0. The number of aliphatic imine (C=N–C) groups is 1. The normalized spacial score (nSPS) is 11.9. The molecule has 0 spiro atoms. The quantitative estimate of drug-likeness (QED) is 0.129. The second-order valence-corrected chi connectivity index (χ2v) is 8.54. The average Bonchev–Trinajstić information content (AvgIpc) is 2.89. The van der Waals surface area contributed by atoms with Crippen LogP contribution in [0.5, 0.6) is 0 Å². The van der Waals surface area contributed by atoms with E-state index in [1.54, 1.807) is 30.3 Å². The van der Waals surface area contributed by atoms with E-state index < -0.39 is 16.7 Å². The summed E-state index contributed by atoms with van der Waals surface area (Å²) in [6.45, 7) is 7.83. The van der Waals surface area contributed by atoms with Gasteiger partial charge in [-0.05, 0) is 54.6 Å². The van der Waals surface area contributed by atoms with Gasteiger partial charge in [0.15, 0.2) is 0 Å². The number of anilines is 3. The summed E-state index contributed by atoms with van der Waals surface area (Å²) in [5, 5.41) is 17.9. The van der Waals surface area contributed by atoms with E-state index in [-0.39, 0.29) is 12.2 Å². The molecule has 204 valence electrons. The molecular weight excluding hydrogens is 502 g/mol. The highest BCUT2D eigenvalue weighted by molar-refractivity contribution is 6.00. The molecule has 0 radical (unpaired) electrons. The monoisotopic (exact) mass is 533 g/mol. The lowest BCUT2D eigenvalue weighted by Gasteiger charge is -2.16. The lowest BCUT2D eigenvalue weighted by atomic mass is 10.1. The minimum Gasteiger partial charge on any atom is -0.358 e. The number of nitrogens with one attached hydrogen (secondary N) is 3. The Bertz CT molecular complexity index is 1420. The largest absolute Gasteiger partial charge is 0.385 e. The van der Waals surface area contributed by atoms with E-state index in [9.17, 15) is 14.9 Å². The topological polar surface area (TPSA) is 160 Å². The maximum Gasteiger partial charge on any atom is 0.385 e. The van der Waals surface area contributed by atoms with Crippen LogP contribution in [0, 0.1) is 17.0 Å². The molecule has 0 aliphatic rings. The molecule has 1 aromatic carbocycles. The Kier molecular flexibility index (Phi) is 10.1. The first-order valence-corrected chi connectivity index (χ1v) is 12.0. The first-order chi connectivity index (χ1) is 18.7. The SMILES string of the molecule is C=N/C(=C(/CN(C)C/C=C/C(=O)Nc1cc2c(Nc3ccc(CC)c(C)c3)ncnc2cn1)NOC)[N+](=O)[O-]. The van der Waals surface area contributed by atoms with Gasteiger partial charge in [0, 0.05) is 30.2 Å². The highest BCUT2D eigenvalue weighted by Gasteiger charge is 2.18. The number of pyridine rings is 1. The molecule has 0 aliphatic heterocycles. The van der Waals surface area contributed by atoms with Gasteiger partial charge >= 0.3 is 5.82 Å². The lowest BCUT2D eigenvalue weighted by molar-refractivity contribution is -0.428. The Morgan fingerprint density at radius 1 is 1.28 bits per heavy atom. The van der Waals surface area contributed by atoms with Gasteiger partial charge in [-0.25, -0.2) is 15.0 Å². The number of likely N-dealkylation sites (N-methyl/N-ethyl adjacent to an activating group) is 1. The molecule has 0 atom stereocenters. The second kappa shape index (κ2) is 13.7. The summed E-state index contributed by atoms with van der Waals surface area (Å²) in [6, 6.07) is 7.86. The van der Waals surface area contributed by atoms with Gasteiger partial charge in [0.1, 0.15) is 30.4 Å². The van der Waals surface area contributed by atoms with E-state index in [0.717, 1.165) is 12.1 Å². The Labute approximate surface area is 225 Å². The summed E-state index contributed by atoms with van der Waals surface area (Å²) < 4.78 is 0. The molecule has 13 nitrogen and oxygen atoms in total. The molecule has 39 heavy (non-hydrogen) atoms. The van der Waals surface area contributed by atoms with Crippen molar-refractivity contribution in [3.8, 4) is 0 Å². The maximum absolute atomic E-state index is 12.5. The highest BCUT2D eigenvalue weighted by Crippen LogP contribution is 2.25. The van der Waals surface area contributed by atoms with Gasteiger partial charge in [-0.15, -0.1) is 0 Å². The fourth-order valence-electron chi connectivity index (χ4n) is 3.81. The van der Waals surface area contributed by atoms with Crippen LogP contribution in [-0.4, -0.2) is 64.6 Å². The van der Waals surface area contributed by atoms with E-state index in [4.69, 9.17) is 4.84 Å². The van der Waals surface area contributed by atoms with Gasteiger partial charge in [0.05, 0.1) is 18.8 Å². The molecule has 0 saturated carbocycles. The molecule has 0 bridgehead atoms. The zero-order valence-electron chi connectivity index (χ0n) is 22.3. The number of hydroxylamine groups is 1. The van der Waals surface area contributed by atoms with Crippen LogP contribution in [0.4, 0.5) is 17.3 Å². The molecule has 0 saturated heterocycles. The number of fused-ring (bicyclic) bond motifs is 1. The Morgan fingerprint density at radius 2 is 2.08 bits per heavy atom. The van der Waals surface area contributed by atoms with Gasteiger partial charge in [-0.3, -0.25) is 20.0 Å². The number of nitro groups is 1. The van der Waals surface area contributed by atoms with E-state index in [0.29, 0.717) is 29.1 Å². The van der Waals surface area contributed by atoms with Gasteiger partial charge in [0.25, 0.3) is 0 Å². The first-order valence-electron chi connectivity index (χ1n) is 12.0. The third kappa shape index (κ3) is 7.87. The van der Waals surface area contributed by atoms with Crippen molar-refractivity contribution in [2.24, 2.45) is 4.99 Å². The van der Waals surface area contributed by atoms with Crippen molar-refractivity contribution in [1.29, 1.82) is 0 Å². The predicted molar refractivity (Wildman–Crippen MR) is 150 cm³/mol. The zero-order valence-corrected chi connectivity index (χ0v) is 22.3. The van der Waals surface area contributed by atoms with Crippen LogP contribution in [0.25, 0.3) is 10.9 Å². The van der Waals surface area contributed by atoms with Crippen molar-refractivity contribution in [2.45, 2.75) is 20.3 Å². The van der Waals surface area contributed by atoms with Crippen LogP contribution in [0.3, 0.4) is 0 Å². The van der Waals surface area contributed by atoms with Gasteiger partial charge < -0.3 is 20.7 Å². The molecule has 3 aromatic rings. The van der Waals surface area contributed by atoms with Crippen molar-refractivity contribution in [3.05, 3.63) is 81.7 Å². The van der Waals surface area contributed by atoms with Gasteiger partial charge in [-0.2, -0.15) is 0 Å². The molecule has 0 fully saturated rings. The number of nitrogens with zero attached hydrogens (tertiary/aromatic N) is 6. The lowest BCUT2D eigenvalue weighted by Crippen LogP contribution is -2.29. The van der Waals surface area contributed by atoms with Crippen LogP contribution in [0.2, 0.25) is 0 Å². The maximum atomic E-state index is 12.5. The summed E-state index contributed by atoms with van der Waals surface area (Å²) in [6.07, 6.45) is 6.96. The first kappa shape index (κ1) is 28.8. The standard InChI is InChI=1S/C26H31N9O4/c1-6-18-9-10-19(12-17(18)2)31-25-20-13-23(28-14-21(20)29-16-30-25)32-24(36)8-7-11-34(4)15-22(33-39-5)26(27-3)35(37)38/h7-10,12-14,16,33H,3,6,11,15H2,1-2,4-5H3,(H,28,32,36)(H,29,30,31)/b8-7+,26-22+. The van der Waals surface area contributed by atoms with E-state index in [2.05, 4.69) is 68.8 Å².